The molecule has 26 heavy (non-hydrogen) atoms. The van der Waals surface area contributed by atoms with Gasteiger partial charge in [0.2, 0.25) is 10.0 Å². The van der Waals surface area contributed by atoms with Gasteiger partial charge in [0.25, 0.3) is 0 Å². The van der Waals surface area contributed by atoms with Crippen molar-refractivity contribution >= 4 is 15.7 Å². The molecule has 2 saturated carbocycles. The second-order valence-corrected chi connectivity index (χ2v) is 10.9. The van der Waals surface area contributed by atoms with E-state index in [2.05, 4.69) is 4.90 Å². The molecule has 4 aliphatic rings. The van der Waals surface area contributed by atoms with E-state index in [-0.39, 0.29) is 11.2 Å². The molecular formula is C20H27FN2O2S. The number of anilines is 1. The SMILES string of the molecule is CS(=O)(=O)N1CC2(CCN(C3CC4CCC3C4)CC2)c2cc(F)ccc21. The van der Waals surface area contributed by atoms with Crippen molar-refractivity contribution in [1.82, 2.24) is 4.90 Å². The van der Waals surface area contributed by atoms with Gasteiger partial charge in [-0.05, 0) is 80.8 Å². The molecule has 2 heterocycles. The van der Waals surface area contributed by atoms with E-state index in [9.17, 15) is 12.8 Å². The van der Waals surface area contributed by atoms with Crippen molar-refractivity contribution in [1.29, 1.82) is 0 Å². The number of hydrogen-bond acceptors (Lipinski definition) is 3. The Balaban J connectivity index is 1.41. The van der Waals surface area contributed by atoms with Gasteiger partial charge in [0.15, 0.2) is 0 Å². The monoisotopic (exact) mass is 378 g/mol. The van der Waals surface area contributed by atoms with E-state index < -0.39 is 10.0 Å². The van der Waals surface area contributed by atoms with Gasteiger partial charge < -0.3 is 4.90 Å². The van der Waals surface area contributed by atoms with Crippen LogP contribution in [0.3, 0.4) is 0 Å². The van der Waals surface area contributed by atoms with Gasteiger partial charge in [-0.15, -0.1) is 0 Å². The molecule has 0 N–H and O–H groups in total. The highest BCUT2D eigenvalue weighted by Crippen LogP contribution is 2.51. The predicted octanol–water partition coefficient (Wildman–Crippen LogP) is 3.13. The normalized spacial score (nSPS) is 33.2. The summed E-state index contributed by atoms with van der Waals surface area (Å²) in [5.41, 5.74) is 1.35. The van der Waals surface area contributed by atoms with Crippen LogP contribution in [0, 0.1) is 17.7 Å². The van der Waals surface area contributed by atoms with Gasteiger partial charge in [-0.25, -0.2) is 12.8 Å². The molecule has 3 atom stereocenters. The lowest BCUT2D eigenvalue weighted by Crippen LogP contribution is -2.50. The fourth-order valence-corrected chi connectivity index (χ4v) is 7.26. The van der Waals surface area contributed by atoms with E-state index in [1.165, 1.54) is 42.3 Å². The molecule has 6 heteroatoms. The summed E-state index contributed by atoms with van der Waals surface area (Å²) in [6, 6.07) is 5.32. The number of hydrogen-bond donors (Lipinski definition) is 0. The first kappa shape index (κ1) is 17.0. The fraction of sp³-hybridized carbons (Fsp3) is 0.700. The Labute approximate surface area is 155 Å². The van der Waals surface area contributed by atoms with Crippen molar-refractivity contribution in [3.8, 4) is 0 Å². The highest BCUT2D eigenvalue weighted by molar-refractivity contribution is 7.92. The molecule has 2 aliphatic carbocycles. The first-order valence-corrected chi connectivity index (χ1v) is 11.7. The Morgan fingerprint density at radius 2 is 1.92 bits per heavy atom. The standard InChI is InChI=1S/C20H27FN2O2S/c1-26(24,25)23-13-20(17-12-16(21)4-5-18(17)23)6-8-22(9-7-20)19-11-14-2-3-15(19)10-14/h4-5,12,14-15,19H,2-3,6-11,13H2,1H3. The summed E-state index contributed by atoms with van der Waals surface area (Å²) >= 11 is 0. The highest BCUT2D eigenvalue weighted by atomic mass is 32.2. The van der Waals surface area contributed by atoms with Gasteiger partial charge in [-0.2, -0.15) is 0 Å². The minimum absolute atomic E-state index is 0.228. The van der Waals surface area contributed by atoms with Crippen LogP contribution in [0.4, 0.5) is 10.1 Å². The highest BCUT2D eigenvalue weighted by Gasteiger charge is 2.50. The second-order valence-electron chi connectivity index (χ2n) is 8.99. The van der Waals surface area contributed by atoms with E-state index in [1.54, 1.807) is 12.1 Å². The Kier molecular flexibility index (Phi) is 3.71. The average Bonchev–Trinajstić information content (AvgIpc) is 3.29. The number of halogens is 1. The topological polar surface area (TPSA) is 40.6 Å². The Hall–Kier alpha value is -1.14. The maximum atomic E-state index is 14.0. The summed E-state index contributed by atoms with van der Waals surface area (Å²) in [6.45, 7) is 2.47. The Morgan fingerprint density at radius 1 is 1.15 bits per heavy atom. The molecule has 1 aromatic carbocycles. The van der Waals surface area contributed by atoms with E-state index in [0.29, 0.717) is 12.2 Å². The van der Waals surface area contributed by atoms with Gasteiger partial charge in [-0.1, -0.05) is 6.42 Å². The molecule has 1 aromatic rings. The minimum atomic E-state index is -3.34. The average molecular weight is 379 g/mol. The summed E-state index contributed by atoms with van der Waals surface area (Å²) in [5.74, 6) is 1.53. The molecular weight excluding hydrogens is 351 g/mol. The fourth-order valence-electron chi connectivity index (χ4n) is 6.26. The first-order chi connectivity index (χ1) is 12.4. The van der Waals surface area contributed by atoms with Crippen molar-refractivity contribution in [2.24, 2.45) is 11.8 Å². The maximum absolute atomic E-state index is 14.0. The van der Waals surface area contributed by atoms with Gasteiger partial charge in [-0.3, -0.25) is 4.31 Å². The van der Waals surface area contributed by atoms with Gasteiger partial charge in [0.05, 0.1) is 11.9 Å². The zero-order valence-electron chi connectivity index (χ0n) is 15.3. The Bertz CT molecular complexity index is 832. The predicted molar refractivity (Wildman–Crippen MR) is 100 cm³/mol. The van der Waals surface area contributed by atoms with Crippen molar-refractivity contribution in [3.63, 3.8) is 0 Å². The molecule has 0 aromatic heterocycles. The van der Waals surface area contributed by atoms with Gasteiger partial charge in [0.1, 0.15) is 5.82 Å². The molecule has 2 bridgehead atoms. The molecule has 1 spiro atoms. The van der Waals surface area contributed by atoms with Crippen LogP contribution in [-0.4, -0.2) is 45.2 Å². The third-order valence-electron chi connectivity index (χ3n) is 7.57. The van der Waals surface area contributed by atoms with Crippen LogP contribution < -0.4 is 4.31 Å². The summed E-state index contributed by atoms with van der Waals surface area (Å²) in [4.78, 5) is 2.65. The van der Waals surface area contributed by atoms with Crippen molar-refractivity contribution < 1.29 is 12.8 Å². The lowest BCUT2D eigenvalue weighted by molar-refractivity contribution is 0.0881. The van der Waals surface area contributed by atoms with Crippen molar-refractivity contribution in [2.45, 2.75) is 50.0 Å². The van der Waals surface area contributed by atoms with Crippen LogP contribution >= 0.6 is 0 Å². The molecule has 4 nitrogen and oxygen atoms in total. The summed E-state index contributed by atoms with van der Waals surface area (Å²) in [5, 5.41) is 0. The number of fused-ring (bicyclic) bond motifs is 4. The number of likely N-dealkylation sites (tertiary alicyclic amines) is 1. The Morgan fingerprint density at radius 3 is 2.54 bits per heavy atom. The van der Waals surface area contributed by atoms with E-state index in [0.717, 1.165) is 49.4 Å². The van der Waals surface area contributed by atoms with Crippen LogP contribution in [0.1, 0.15) is 44.1 Å². The molecule has 142 valence electrons. The molecule has 3 fully saturated rings. The smallest absolute Gasteiger partial charge is 0.232 e. The molecule has 3 unspecified atom stereocenters. The number of nitrogens with zero attached hydrogens (tertiary/aromatic N) is 2. The number of piperidine rings is 1. The summed E-state index contributed by atoms with van der Waals surface area (Å²) < 4.78 is 40.0. The van der Waals surface area contributed by atoms with E-state index in [1.807, 2.05) is 0 Å². The van der Waals surface area contributed by atoms with Crippen LogP contribution in [0.2, 0.25) is 0 Å². The van der Waals surface area contributed by atoms with Crippen LogP contribution in [0.5, 0.6) is 0 Å². The second kappa shape index (κ2) is 5.68. The van der Waals surface area contributed by atoms with E-state index in [4.69, 9.17) is 0 Å². The molecule has 5 rings (SSSR count). The third kappa shape index (κ3) is 2.52. The lowest BCUT2D eigenvalue weighted by Gasteiger charge is -2.44. The summed E-state index contributed by atoms with van der Waals surface area (Å²) in [6.07, 6.45) is 8.64. The number of sulfonamides is 1. The molecule has 0 amide bonds. The van der Waals surface area contributed by atoms with Crippen LogP contribution in [0.25, 0.3) is 0 Å². The van der Waals surface area contributed by atoms with Crippen molar-refractivity contribution in [3.05, 3.63) is 29.6 Å². The minimum Gasteiger partial charge on any atom is -0.300 e. The zero-order valence-corrected chi connectivity index (χ0v) is 16.1. The molecule has 1 saturated heterocycles. The van der Waals surface area contributed by atoms with Crippen molar-refractivity contribution in [2.75, 3.05) is 30.2 Å². The maximum Gasteiger partial charge on any atom is 0.232 e. The zero-order chi connectivity index (χ0) is 18.1. The number of benzene rings is 1. The third-order valence-corrected chi connectivity index (χ3v) is 8.70. The molecule has 0 radical (unpaired) electrons. The first-order valence-electron chi connectivity index (χ1n) is 9.88. The lowest BCUT2D eigenvalue weighted by atomic mass is 9.73. The molecule has 2 aliphatic heterocycles. The quantitative estimate of drug-likeness (QED) is 0.794. The van der Waals surface area contributed by atoms with Gasteiger partial charge >= 0.3 is 0 Å². The summed E-state index contributed by atoms with van der Waals surface area (Å²) in [7, 11) is -3.34. The van der Waals surface area contributed by atoms with Crippen LogP contribution in [0.15, 0.2) is 18.2 Å². The number of rotatable bonds is 2. The van der Waals surface area contributed by atoms with Gasteiger partial charge in [0, 0.05) is 18.0 Å². The largest absolute Gasteiger partial charge is 0.300 e. The van der Waals surface area contributed by atoms with E-state index >= 15 is 0 Å². The van der Waals surface area contributed by atoms with Crippen LogP contribution in [-0.2, 0) is 15.4 Å².